The molecule has 4 nitrogen and oxygen atoms in total. The summed E-state index contributed by atoms with van der Waals surface area (Å²) in [4.78, 5) is 13.2. The molecule has 0 bridgehead atoms. The van der Waals surface area contributed by atoms with Gasteiger partial charge in [-0.1, -0.05) is 13.8 Å². The van der Waals surface area contributed by atoms with E-state index in [2.05, 4.69) is 13.8 Å². The van der Waals surface area contributed by atoms with Gasteiger partial charge in [0.1, 0.15) is 0 Å². The minimum Gasteiger partial charge on any atom is -0.449 e. The first-order valence-electron chi connectivity index (χ1n) is 5.28. The van der Waals surface area contributed by atoms with Crippen molar-refractivity contribution in [3.63, 3.8) is 0 Å². The highest BCUT2D eigenvalue weighted by Crippen LogP contribution is 2.14. The molecule has 0 aromatic rings. The highest BCUT2D eigenvalue weighted by atomic mass is 16.6. The van der Waals surface area contributed by atoms with Crippen LogP contribution in [0.5, 0.6) is 0 Å². The van der Waals surface area contributed by atoms with Crippen molar-refractivity contribution >= 4 is 6.09 Å². The number of nitrogens with zero attached hydrogens (tertiary/aromatic N) is 1. The fraction of sp³-hybridized carbons (Fsp3) is 0.900. The summed E-state index contributed by atoms with van der Waals surface area (Å²) in [5, 5.41) is 0. The maximum absolute atomic E-state index is 11.4. The summed E-state index contributed by atoms with van der Waals surface area (Å²) in [6.07, 6.45) is 1.67. The molecule has 0 radical (unpaired) electrons. The Morgan fingerprint density at radius 2 is 2.36 bits per heavy atom. The summed E-state index contributed by atoms with van der Waals surface area (Å²) in [5.74, 6) is 0.600. The van der Waals surface area contributed by atoms with E-state index in [0.29, 0.717) is 19.1 Å². The molecule has 0 aromatic heterocycles. The Hall–Kier alpha value is -0.770. The standard InChI is InChI=1S/C10H20N2O2/c1-8(2)3-5-12-9(7-11)4-6-14-10(12)13/h8-9H,3-7,11H2,1-2H3. The number of nitrogens with two attached hydrogens (primary N) is 1. The molecule has 1 amide bonds. The van der Waals surface area contributed by atoms with Gasteiger partial charge in [0, 0.05) is 19.5 Å². The number of ether oxygens (including phenoxy) is 1. The fourth-order valence-electron chi connectivity index (χ4n) is 1.59. The number of hydrogen-bond donors (Lipinski definition) is 1. The molecule has 0 spiro atoms. The molecule has 1 heterocycles. The number of carbonyl (C=O) groups excluding carboxylic acids is 1. The summed E-state index contributed by atoms with van der Waals surface area (Å²) in [6, 6.07) is 0.176. The Bertz CT molecular complexity index is 195. The first-order chi connectivity index (χ1) is 6.65. The van der Waals surface area contributed by atoms with Gasteiger partial charge in [-0.2, -0.15) is 0 Å². The Labute approximate surface area is 85.4 Å². The van der Waals surface area contributed by atoms with E-state index >= 15 is 0 Å². The van der Waals surface area contributed by atoms with Crippen LogP contribution in [0.2, 0.25) is 0 Å². The Balaban J connectivity index is 2.46. The Kier molecular flexibility index (Phi) is 4.20. The summed E-state index contributed by atoms with van der Waals surface area (Å²) in [5.41, 5.74) is 5.61. The van der Waals surface area contributed by atoms with E-state index in [1.54, 1.807) is 4.90 Å². The highest BCUT2D eigenvalue weighted by Gasteiger charge is 2.27. The first-order valence-corrected chi connectivity index (χ1v) is 5.28. The van der Waals surface area contributed by atoms with Crippen molar-refractivity contribution in [2.75, 3.05) is 19.7 Å². The molecule has 1 fully saturated rings. The molecule has 0 aromatic carbocycles. The van der Waals surface area contributed by atoms with Crippen LogP contribution in [0, 0.1) is 5.92 Å². The minimum absolute atomic E-state index is 0.176. The van der Waals surface area contributed by atoms with Gasteiger partial charge in [-0.25, -0.2) is 4.79 Å². The van der Waals surface area contributed by atoms with Crippen LogP contribution in [0.15, 0.2) is 0 Å². The van der Waals surface area contributed by atoms with Crippen molar-refractivity contribution in [1.29, 1.82) is 0 Å². The van der Waals surface area contributed by atoms with Crippen LogP contribution in [0.3, 0.4) is 0 Å². The zero-order chi connectivity index (χ0) is 10.6. The molecule has 1 saturated heterocycles. The molecule has 82 valence electrons. The van der Waals surface area contributed by atoms with Gasteiger partial charge in [-0.05, 0) is 12.3 Å². The van der Waals surface area contributed by atoms with Gasteiger partial charge < -0.3 is 15.4 Å². The van der Waals surface area contributed by atoms with Crippen molar-refractivity contribution < 1.29 is 9.53 Å². The van der Waals surface area contributed by atoms with Crippen molar-refractivity contribution in [3.05, 3.63) is 0 Å². The van der Waals surface area contributed by atoms with Crippen LogP contribution in [-0.2, 0) is 4.74 Å². The number of carbonyl (C=O) groups is 1. The summed E-state index contributed by atoms with van der Waals surface area (Å²) in [6.45, 7) is 6.10. The third-order valence-electron chi connectivity index (χ3n) is 2.57. The molecule has 1 unspecified atom stereocenters. The van der Waals surface area contributed by atoms with Gasteiger partial charge in [0.15, 0.2) is 0 Å². The second-order valence-corrected chi connectivity index (χ2v) is 4.17. The largest absolute Gasteiger partial charge is 0.449 e. The van der Waals surface area contributed by atoms with Crippen LogP contribution in [0.4, 0.5) is 4.79 Å². The van der Waals surface area contributed by atoms with E-state index in [1.807, 2.05) is 0 Å². The molecular formula is C10H20N2O2. The van der Waals surface area contributed by atoms with E-state index in [9.17, 15) is 4.79 Å². The van der Waals surface area contributed by atoms with Gasteiger partial charge in [-0.3, -0.25) is 0 Å². The molecule has 1 rings (SSSR count). The quantitative estimate of drug-likeness (QED) is 0.742. The molecule has 1 aliphatic heterocycles. The van der Waals surface area contributed by atoms with Crippen molar-refractivity contribution in [2.45, 2.75) is 32.7 Å². The van der Waals surface area contributed by atoms with Gasteiger partial charge in [-0.15, -0.1) is 0 Å². The molecule has 0 aliphatic carbocycles. The normalized spacial score (nSPS) is 22.7. The van der Waals surface area contributed by atoms with Crippen LogP contribution in [0.1, 0.15) is 26.7 Å². The van der Waals surface area contributed by atoms with Crippen LogP contribution >= 0.6 is 0 Å². The lowest BCUT2D eigenvalue weighted by Crippen LogP contribution is -2.49. The van der Waals surface area contributed by atoms with E-state index in [0.717, 1.165) is 19.4 Å². The minimum atomic E-state index is -0.202. The SMILES string of the molecule is CC(C)CCN1C(=O)OCCC1CN. The monoisotopic (exact) mass is 200 g/mol. The predicted octanol–water partition coefficient (Wildman–Crippen LogP) is 1.20. The fourth-order valence-corrected chi connectivity index (χ4v) is 1.59. The smallest absolute Gasteiger partial charge is 0.410 e. The average molecular weight is 200 g/mol. The number of rotatable bonds is 4. The molecule has 1 aliphatic rings. The lowest BCUT2D eigenvalue weighted by atomic mass is 10.1. The van der Waals surface area contributed by atoms with Gasteiger partial charge >= 0.3 is 6.09 Å². The number of amides is 1. The lowest BCUT2D eigenvalue weighted by Gasteiger charge is -2.34. The zero-order valence-electron chi connectivity index (χ0n) is 9.03. The van der Waals surface area contributed by atoms with E-state index in [1.165, 1.54) is 0 Å². The summed E-state index contributed by atoms with van der Waals surface area (Å²) in [7, 11) is 0. The molecule has 2 N–H and O–H groups in total. The maximum Gasteiger partial charge on any atom is 0.410 e. The van der Waals surface area contributed by atoms with Crippen molar-refractivity contribution in [1.82, 2.24) is 4.90 Å². The molecule has 14 heavy (non-hydrogen) atoms. The van der Waals surface area contributed by atoms with Crippen molar-refractivity contribution in [2.24, 2.45) is 11.7 Å². The molecular weight excluding hydrogens is 180 g/mol. The van der Waals surface area contributed by atoms with E-state index in [4.69, 9.17) is 10.5 Å². The van der Waals surface area contributed by atoms with Gasteiger partial charge in [0.2, 0.25) is 0 Å². The summed E-state index contributed by atoms with van der Waals surface area (Å²) >= 11 is 0. The van der Waals surface area contributed by atoms with Gasteiger partial charge in [0.25, 0.3) is 0 Å². The van der Waals surface area contributed by atoms with Gasteiger partial charge in [0.05, 0.1) is 12.6 Å². The summed E-state index contributed by atoms with van der Waals surface area (Å²) < 4.78 is 4.99. The predicted molar refractivity (Wildman–Crippen MR) is 55.0 cm³/mol. The van der Waals surface area contributed by atoms with Crippen molar-refractivity contribution in [3.8, 4) is 0 Å². The maximum atomic E-state index is 11.4. The zero-order valence-corrected chi connectivity index (χ0v) is 9.03. The molecule has 0 saturated carbocycles. The number of hydrogen-bond acceptors (Lipinski definition) is 3. The third kappa shape index (κ3) is 2.87. The van der Waals surface area contributed by atoms with E-state index in [-0.39, 0.29) is 12.1 Å². The first kappa shape index (κ1) is 11.3. The average Bonchev–Trinajstić information content (AvgIpc) is 2.15. The van der Waals surface area contributed by atoms with Crippen LogP contribution in [-0.4, -0.2) is 36.7 Å². The topological polar surface area (TPSA) is 55.6 Å². The highest BCUT2D eigenvalue weighted by molar-refractivity contribution is 5.68. The van der Waals surface area contributed by atoms with Crippen LogP contribution < -0.4 is 5.73 Å². The number of cyclic esters (lactones) is 1. The molecule has 1 atom stereocenters. The Morgan fingerprint density at radius 1 is 1.64 bits per heavy atom. The second-order valence-electron chi connectivity index (χ2n) is 4.17. The Morgan fingerprint density at radius 3 is 2.93 bits per heavy atom. The lowest BCUT2D eigenvalue weighted by molar-refractivity contribution is 0.0446. The third-order valence-corrected chi connectivity index (χ3v) is 2.57. The van der Waals surface area contributed by atoms with E-state index < -0.39 is 0 Å². The second kappa shape index (κ2) is 5.20. The molecule has 4 heteroatoms. The van der Waals surface area contributed by atoms with Crippen LogP contribution in [0.25, 0.3) is 0 Å².